The minimum atomic E-state index is 0.0902. The highest BCUT2D eigenvalue weighted by Crippen LogP contribution is 2.22. The van der Waals surface area contributed by atoms with Crippen LogP contribution in [0.25, 0.3) is 0 Å². The molecule has 0 fully saturated rings. The first-order chi connectivity index (χ1) is 7.27. The van der Waals surface area contributed by atoms with E-state index in [1.54, 1.807) is 6.07 Å². The largest absolute Gasteiger partial charge is 0.508 e. The molecule has 0 unspecified atom stereocenters. The SMILES string of the molecule is CCCCCOc1ccc(O)cc1C#N. The van der Waals surface area contributed by atoms with Crippen LogP contribution in [-0.2, 0) is 0 Å². The van der Waals surface area contributed by atoms with E-state index in [0.29, 0.717) is 17.9 Å². The molecule has 1 aromatic carbocycles. The maximum Gasteiger partial charge on any atom is 0.137 e. The van der Waals surface area contributed by atoms with Crippen LogP contribution in [0.4, 0.5) is 0 Å². The maximum atomic E-state index is 9.17. The predicted octanol–water partition coefficient (Wildman–Crippen LogP) is 2.83. The molecule has 0 bridgehead atoms. The standard InChI is InChI=1S/C12H15NO2/c1-2-3-4-7-15-12-6-5-11(14)8-10(12)9-13/h5-6,8,14H,2-4,7H2,1H3. The van der Waals surface area contributed by atoms with Crippen molar-refractivity contribution >= 4 is 0 Å². The third-order valence-electron chi connectivity index (χ3n) is 2.09. The Morgan fingerprint density at radius 3 is 2.87 bits per heavy atom. The number of phenols is 1. The summed E-state index contributed by atoms with van der Waals surface area (Å²) in [5, 5.41) is 18.0. The summed E-state index contributed by atoms with van der Waals surface area (Å²) in [5.41, 5.74) is 0.381. The summed E-state index contributed by atoms with van der Waals surface area (Å²) in [5.74, 6) is 0.638. The van der Waals surface area contributed by atoms with Gasteiger partial charge in [-0.3, -0.25) is 0 Å². The summed E-state index contributed by atoms with van der Waals surface area (Å²) in [4.78, 5) is 0. The van der Waals surface area contributed by atoms with Gasteiger partial charge in [0.2, 0.25) is 0 Å². The summed E-state index contributed by atoms with van der Waals surface area (Å²) in [6.07, 6.45) is 3.26. The molecule has 0 atom stereocenters. The summed E-state index contributed by atoms with van der Waals surface area (Å²) < 4.78 is 5.45. The van der Waals surface area contributed by atoms with Gasteiger partial charge in [0.1, 0.15) is 17.6 Å². The Morgan fingerprint density at radius 2 is 2.20 bits per heavy atom. The minimum Gasteiger partial charge on any atom is -0.508 e. The Labute approximate surface area is 89.9 Å². The monoisotopic (exact) mass is 205 g/mol. The third-order valence-corrected chi connectivity index (χ3v) is 2.09. The molecule has 1 N–H and O–H groups in total. The van der Waals surface area contributed by atoms with E-state index in [1.807, 2.05) is 6.07 Å². The summed E-state index contributed by atoms with van der Waals surface area (Å²) >= 11 is 0. The van der Waals surface area contributed by atoms with Crippen molar-refractivity contribution in [1.29, 1.82) is 5.26 Å². The zero-order valence-corrected chi connectivity index (χ0v) is 8.86. The molecule has 0 aliphatic rings. The smallest absolute Gasteiger partial charge is 0.137 e. The van der Waals surface area contributed by atoms with Crippen LogP contribution in [0.15, 0.2) is 18.2 Å². The Hall–Kier alpha value is -1.69. The van der Waals surface area contributed by atoms with E-state index in [2.05, 4.69) is 6.92 Å². The van der Waals surface area contributed by atoms with Gasteiger partial charge in [-0.25, -0.2) is 0 Å². The summed E-state index contributed by atoms with van der Waals surface area (Å²) in [6.45, 7) is 2.74. The molecular formula is C12H15NO2. The zero-order valence-electron chi connectivity index (χ0n) is 8.86. The number of nitrogens with zero attached hydrogens (tertiary/aromatic N) is 1. The topological polar surface area (TPSA) is 53.2 Å². The second-order valence-electron chi connectivity index (χ2n) is 3.35. The Bertz CT molecular complexity index is 355. The van der Waals surface area contributed by atoms with Crippen LogP contribution in [0.2, 0.25) is 0 Å². The van der Waals surface area contributed by atoms with Gasteiger partial charge in [0.15, 0.2) is 0 Å². The first-order valence-electron chi connectivity index (χ1n) is 5.14. The van der Waals surface area contributed by atoms with E-state index in [4.69, 9.17) is 10.00 Å². The molecule has 0 saturated heterocycles. The van der Waals surface area contributed by atoms with Crippen molar-refractivity contribution in [3.63, 3.8) is 0 Å². The molecule has 0 amide bonds. The highest BCUT2D eigenvalue weighted by atomic mass is 16.5. The van der Waals surface area contributed by atoms with E-state index < -0.39 is 0 Å². The molecule has 80 valence electrons. The van der Waals surface area contributed by atoms with Gasteiger partial charge >= 0.3 is 0 Å². The molecule has 0 aliphatic carbocycles. The maximum absolute atomic E-state index is 9.17. The predicted molar refractivity (Wildman–Crippen MR) is 57.8 cm³/mol. The lowest BCUT2D eigenvalue weighted by Gasteiger charge is -2.07. The lowest BCUT2D eigenvalue weighted by atomic mass is 10.2. The zero-order chi connectivity index (χ0) is 11.1. The van der Waals surface area contributed by atoms with Crippen LogP contribution < -0.4 is 4.74 Å². The number of hydrogen-bond donors (Lipinski definition) is 1. The molecular weight excluding hydrogens is 190 g/mol. The van der Waals surface area contributed by atoms with Gasteiger partial charge in [0, 0.05) is 6.07 Å². The number of benzene rings is 1. The number of nitriles is 1. The molecule has 0 spiro atoms. The molecule has 3 heteroatoms. The van der Waals surface area contributed by atoms with Crippen molar-refractivity contribution in [1.82, 2.24) is 0 Å². The van der Waals surface area contributed by atoms with Crippen molar-refractivity contribution in [3.8, 4) is 17.6 Å². The molecule has 0 radical (unpaired) electrons. The summed E-state index contributed by atoms with van der Waals surface area (Å²) in [6, 6.07) is 6.55. The van der Waals surface area contributed by atoms with Gasteiger partial charge in [-0.05, 0) is 18.6 Å². The Kier molecular flexibility index (Phi) is 4.49. The van der Waals surface area contributed by atoms with Gasteiger partial charge in [0.25, 0.3) is 0 Å². The van der Waals surface area contributed by atoms with Crippen molar-refractivity contribution in [2.75, 3.05) is 6.61 Å². The number of phenolic OH excluding ortho intramolecular Hbond substituents is 1. The number of hydrogen-bond acceptors (Lipinski definition) is 3. The first kappa shape index (κ1) is 11.4. The van der Waals surface area contributed by atoms with Crippen LogP contribution in [0.3, 0.4) is 0 Å². The van der Waals surface area contributed by atoms with Gasteiger partial charge in [0.05, 0.1) is 12.2 Å². The Morgan fingerprint density at radius 1 is 1.40 bits per heavy atom. The quantitative estimate of drug-likeness (QED) is 0.752. The van der Waals surface area contributed by atoms with Crippen molar-refractivity contribution in [3.05, 3.63) is 23.8 Å². The second kappa shape index (κ2) is 5.92. The minimum absolute atomic E-state index is 0.0902. The highest BCUT2D eigenvalue weighted by Gasteiger charge is 2.03. The summed E-state index contributed by atoms with van der Waals surface area (Å²) in [7, 11) is 0. The van der Waals surface area contributed by atoms with Crippen LogP contribution >= 0.6 is 0 Å². The molecule has 0 aliphatic heterocycles. The number of rotatable bonds is 5. The highest BCUT2D eigenvalue weighted by molar-refractivity contribution is 5.47. The lowest BCUT2D eigenvalue weighted by molar-refractivity contribution is 0.305. The second-order valence-corrected chi connectivity index (χ2v) is 3.35. The van der Waals surface area contributed by atoms with Gasteiger partial charge in [-0.2, -0.15) is 5.26 Å². The van der Waals surface area contributed by atoms with Crippen LogP contribution in [0, 0.1) is 11.3 Å². The van der Waals surface area contributed by atoms with E-state index in [9.17, 15) is 5.11 Å². The van der Waals surface area contributed by atoms with Gasteiger partial charge in [-0.1, -0.05) is 19.8 Å². The molecule has 0 aromatic heterocycles. The molecule has 1 rings (SSSR count). The molecule has 3 nitrogen and oxygen atoms in total. The molecule has 0 saturated carbocycles. The molecule has 0 heterocycles. The average Bonchev–Trinajstić information content (AvgIpc) is 2.26. The van der Waals surface area contributed by atoms with Crippen LogP contribution in [0.1, 0.15) is 31.7 Å². The number of unbranched alkanes of at least 4 members (excludes halogenated alkanes) is 2. The van der Waals surface area contributed by atoms with Gasteiger partial charge in [-0.15, -0.1) is 0 Å². The fraction of sp³-hybridized carbons (Fsp3) is 0.417. The first-order valence-corrected chi connectivity index (χ1v) is 5.14. The van der Waals surface area contributed by atoms with Crippen molar-refractivity contribution < 1.29 is 9.84 Å². The third kappa shape index (κ3) is 3.51. The number of aromatic hydroxyl groups is 1. The van der Waals surface area contributed by atoms with E-state index >= 15 is 0 Å². The van der Waals surface area contributed by atoms with E-state index in [1.165, 1.54) is 12.1 Å². The van der Waals surface area contributed by atoms with E-state index in [0.717, 1.165) is 19.3 Å². The molecule has 1 aromatic rings. The fourth-order valence-corrected chi connectivity index (χ4v) is 1.27. The van der Waals surface area contributed by atoms with E-state index in [-0.39, 0.29) is 5.75 Å². The van der Waals surface area contributed by atoms with Crippen LogP contribution in [0.5, 0.6) is 11.5 Å². The van der Waals surface area contributed by atoms with Crippen molar-refractivity contribution in [2.45, 2.75) is 26.2 Å². The molecule has 15 heavy (non-hydrogen) atoms. The average molecular weight is 205 g/mol. The van der Waals surface area contributed by atoms with Crippen molar-refractivity contribution in [2.24, 2.45) is 0 Å². The Balaban J connectivity index is 2.57. The lowest BCUT2D eigenvalue weighted by Crippen LogP contribution is -1.98. The fourth-order valence-electron chi connectivity index (χ4n) is 1.27. The van der Waals surface area contributed by atoms with Gasteiger partial charge < -0.3 is 9.84 Å². The van der Waals surface area contributed by atoms with Crippen LogP contribution in [-0.4, -0.2) is 11.7 Å². The number of ether oxygens (including phenoxy) is 1. The normalized spacial score (nSPS) is 9.60.